The summed E-state index contributed by atoms with van der Waals surface area (Å²) in [6.07, 6.45) is 0.514. The van der Waals surface area contributed by atoms with E-state index in [2.05, 4.69) is 12.2 Å². The summed E-state index contributed by atoms with van der Waals surface area (Å²) in [5, 5.41) is 46.7. The summed E-state index contributed by atoms with van der Waals surface area (Å²) in [7, 11) is 0. The fraction of sp³-hybridized carbons (Fsp3) is 0.345. The maximum atomic E-state index is 13.5. The Hall–Kier alpha value is -4.89. The Balaban J connectivity index is 0.000000289. The largest absolute Gasteiger partial charge is 0.481 e. The van der Waals surface area contributed by atoms with E-state index in [0.717, 1.165) is 24.0 Å². The first-order chi connectivity index (χ1) is 20.6. The average Bonchev–Trinajstić information content (AvgIpc) is 3.70. The maximum Gasteiger partial charge on any atom is 0.387 e. The Kier molecular flexibility index (Phi) is 9.01. The van der Waals surface area contributed by atoms with Gasteiger partial charge in [0.2, 0.25) is 5.43 Å². The number of nitrogens with one attached hydrogen (secondary N) is 1. The van der Waals surface area contributed by atoms with Gasteiger partial charge in [0.15, 0.2) is 11.4 Å². The van der Waals surface area contributed by atoms with E-state index in [1.807, 2.05) is 18.2 Å². The highest BCUT2D eigenvalue weighted by Crippen LogP contribution is 2.43. The van der Waals surface area contributed by atoms with Gasteiger partial charge in [-0.3, -0.25) is 14.4 Å². The molecule has 0 spiro atoms. The van der Waals surface area contributed by atoms with Crippen molar-refractivity contribution in [3.63, 3.8) is 0 Å². The molecule has 2 aromatic carbocycles. The fourth-order valence-corrected chi connectivity index (χ4v) is 5.08. The molecular formula is C29H28F2N2O11. The lowest BCUT2D eigenvalue weighted by molar-refractivity contribution is -0.170. The molecule has 1 aromatic heterocycles. The molecule has 13 nitrogen and oxygen atoms in total. The Morgan fingerprint density at radius 1 is 1.05 bits per heavy atom. The standard InChI is InChI=1S/C23H20F2N2O4.C6H8O7/c1-11-15-5-2-12(8-13(15)9-26-11)16-6-7-17-19(21(16)31-23(24)25)27(14-3-4-14)10-18(20(17)28)22(29)30;7-3(8)1-6(13,5(11)12)2-4(9)10/h2,5-8,10-11,14,23,26H,3-4,9H2,1H3,(H,29,30);13H,1-2H2,(H,7,8)(H,9,10)(H,11,12)/t11-;/m1./s1. The van der Waals surface area contributed by atoms with E-state index < -0.39 is 54.4 Å². The van der Waals surface area contributed by atoms with Crippen LogP contribution in [0.15, 0.2) is 41.3 Å². The SMILES string of the molecule is C[C@H]1NCc2cc(-c3ccc4c(=O)c(C(=O)O)cn(C5CC5)c4c3OC(F)F)ccc21.O=C(O)CC(O)(CC(=O)O)C(=O)O. The zero-order valence-electron chi connectivity index (χ0n) is 23.1. The van der Waals surface area contributed by atoms with Gasteiger partial charge in [0.05, 0.1) is 23.7 Å². The number of hydrogen-bond donors (Lipinski definition) is 6. The summed E-state index contributed by atoms with van der Waals surface area (Å²) in [5.41, 5.74) is -0.253. The van der Waals surface area contributed by atoms with Crippen LogP contribution in [0.4, 0.5) is 8.78 Å². The smallest absolute Gasteiger partial charge is 0.387 e. The number of pyridine rings is 1. The third kappa shape index (κ3) is 6.68. The monoisotopic (exact) mass is 618 g/mol. The van der Waals surface area contributed by atoms with E-state index in [4.69, 9.17) is 25.2 Å². The molecule has 1 aliphatic carbocycles. The molecule has 0 unspecified atom stereocenters. The number of aliphatic hydroxyl groups is 1. The third-order valence-corrected chi connectivity index (χ3v) is 7.33. The average molecular weight is 619 g/mol. The summed E-state index contributed by atoms with van der Waals surface area (Å²) in [5.74, 6) is -6.47. The number of carboxylic acid groups (broad SMARTS) is 4. The Morgan fingerprint density at radius 3 is 2.20 bits per heavy atom. The van der Waals surface area contributed by atoms with E-state index >= 15 is 0 Å². The van der Waals surface area contributed by atoms with Crippen molar-refractivity contribution in [1.82, 2.24) is 9.88 Å². The maximum absolute atomic E-state index is 13.5. The molecule has 0 amide bonds. The van der Waals surface area contributed by atoms with Gasteiger partial charge in [0.25, 0.3) is 0 Å². The van der Waals surface area contributed by atoms with Crippen LogP contribution < -0.4 is 15.5 Å². The third-order valence-electron chi connectivity index (χ3n) is 7.33. The van der Waals surface area contributed by atoms with Crippen molar-refractivity contribution < 1.29 is 58.2 Å². The molecule has 6 N–H and O–H groups in total. The van der Waals surface area contributed by atoms with Crippen molar-refractivity contribution in [3.8, 4) is 16.9 Å². The van der Waals surface area contributed by atoms with E-state index in [9.17, 15) is 37.9 Å². The predicted octanol–water partition coefficient (Wildman–Crippen LogP) is 3.22. The lowest BCUT2D eigenvalue weighted by Crippen LogP contribution is -2.42. The second-order valence-electron chi connectivity index (χ2n) is 10.5. The van der Waals surface area contributed by atoms with Crippen LogP contribution in [0.1, 0.15) is 66.2 Å². The highest BCUT2D eigenvalue weighted by molar-refractivity contribution is 5.97. The second kappa shape index (κ2) is 12.4. The first-order valence-corrected chi connectivity index (χ1v) is 13.3. The molecule has 44 heavy (non-hydrogen) atoms. The second-order valence-corrected chi connectivity index (χ2v) is 10.5. The Bertz CT molecular complexity index is 1700. The molecule has 1 aliphatic heterocycles. The molecule has 0 saturated heterocycles. The number of carbonyl (C=O) groups is 4. The number of nitrogens with zero attached hydrogens (tertiary/aromatic N) is 1. The van der Waals surface area contributed by atoms with Crippen molar-refractivity contribution in [3.05, 3.63) is 63.4 Å². The number of halogens is 2. The van der Waals surface area contributed by atoms with Crippen molar-refractivity contribution in [1.29, 1.82) is 0 Å². The first-order valence-electron chi connectivity index (χ1n) is 13.3. The number of benzene rings is 2. The molecule has 3 aromatic rings. The highest BCUT2D eigenvalue weighted by Gasteiger charge is 2.40. The number of hydrogen-bond acceptors (Lipinski definition) is 8. The number of rotatable bonds is 10. The van der Waals surface area contributed by atoms with Crippen molar-refractivity contribution in [2.24, 2.45) is 0 Å². The van der Waals surface area contributed by atoms with Crippen LogP contribution in [-0.2, 0) is 20.9 Å². The fourth-order valence-electron chi connectivity index (χ4n) is 5.08. The lowest BCUT2D eigenvalue weighted by Gasteiger charge is -2.19. The van der Waals surface area contributed by atoms with E-state index in [1.54, 1.807) is 10.6 Å². The lowest BCUT2D eigenvalue weighted by atomic mass is 9.96. The van der Waals surface area contributed by atoms with Gasteiger partial charge in [0, 0.05) is 30.4 Å². The van der Waals surface area contributed by atoms with E-state index in [0.29, 0.717) is 17.7 Å². The highest BCUT2D eigenvalue weighted by atomic mass is 19.3. The summed E-state index contributed by atoms with van der Waals surface area (Å²) in [6, 6.07) is 8.98. The number of fused-ring (bicyclic) bond motifs is 2. The van der Waals surface area contributed by atoms with Crippen LogP contribution in [0.5, 0.6) is 5.75 Å². The zero-order chi connectivity index (χ0) is 32.5. The summed E-state index contributed by atoms with van der Waals surface area (Å²) < 4.78 is 33.5. The molecular weight excluding hydrogens is 590 g/mol. The molecule has 15 heteroatoms. The topological polar surface area (TPSA) is 213 Å². The van der Waals surface area contributed by atoms with Gasteiger partial charge >= 0.3 is 30.5 Å². The van der Waals surface area contributed by atoms with Crippen molar-refractivity contribution in [2.45, 2.75) is 63.4 Å². The minimum absolute atomic E-state index is 0.0541. The van der Waals surface area contributed by atoms with Gasteiger partial charge in [-0.2, -0.15) is 8.78 Å². The normalized spacial score (nSPS) is 15.8. The van der Waals surface area contributed by atoms with Crippen LogP contribution in [0.3, 0.4) is 0 Å². The Morgan fingerprint density at radius 2 is 1.68 bits per heavy atom. The number of carboxylic acids is 4. The number of aromatic nitrogens is 1. The van der Waals surface area contributed by atoms with Gasteiger partial charge in [-0.1, -0.05) is 12.1 Å². The molecule has 2 aliphatic rings. The molecule has 1 fully saturated rings. The van der Waals surface area contributed by atoms with Crippen LogP contribution in [-0.4, -0.2) is 66.2 Å². The quantitative estimate of drug-likeness (QED) is 0.193. The Labute approximate surface area is 246 Å². The van der Waals surface area contributed by atoms with Crippen LogP contribution in [0, 0.1) is 0 Å². The van der Waals surface area contributed by atoms with Crippen molar-refractivity contribution >= 4 is 34.8 Å². The minimum Gasteiger partial charge on any atom is -0.481 e. The minimum atomic E-state index is -3.10. The van der Waals surface area contributed by atoms with Gasteiger partial charge in [0.1, 0.15) is 5.56 Å². The summed E-state index contributed by atoms with van der Waals surface area (Å²) in [6.45, 7) is -0.360. The molecule has 5 rings (SSSR count). The summed E-state index contributed by atoms with van der Waals surface area (Å²) >= 11 is 0. The number of aromatic carboxylic acids is 1. The molecule has 0 bridgehead atoms. The molecule has 1 saturated carbocycles. The summed E-state index contributed by atoms with van der Waals surface area (Å²) in [4.78, 5) is 54.9. The number of alkyl halides is 2. The van der Waals surface area contributed by atoms with Gasteiger partial charge < -0.3 is 40.2 Å². The van der Waals surface area contributed by atoms with Crippen LogP contribution >= 0.6 is 0 Å². The number of ether oxygens (including phenoxy) is 1. The first kappa shape index (κ1) is 32.0. The van der Waals surface area contributed by atoms with Gasteiger partial charge in [-0.15, -0.1) is 0 Å². The van der Waals surface area contributed by atoms with Gasteiger partial charge in [-0.05, 0) is 54.7 Å². The zero-order valence-corrected chi connectivity index (χ0v) is 23.1. The van der Waals surface area contributed by atoms with Gasteiger partial charge in [-0.25, -0.2) is 9.59 Å². The molecule has 2 heterocycles. The van der Waals surface area contributed by atoms with E-state index in [-0.39, 0.29) is 34.3 Å². The predicted molar refractivity (Wildman–Crippen MR) is 148 cm³/mol. The van der Waals surface area contributed by atoms with Crippen LogP contribution in [0.2, 0.25) is 0 Å². The molecule has 234 valence electrons. The van der Waals surface area contributed by atoms with Crippen molar-refractivity contribution in [2.75, 3.05) is 0 Å². The molecule has 0 radical (unpaired) electrons. The van der Waals surface area contributed by atoms with E-state index in [1.165, 1.54) is 12.3 Å². The number of aliphatic carboxylic acids is 3. The molecule has 1 atom stereocenters. The van der Waals surface area contributed by atoms with Crippen LogP contribution in [0.25, 0.3) is 22.0 Å².